The Hall–Kier alpha value is -0.610. The van der Waals surface area contributed by atoms with Gasteiger partial charge in [0.1, 0.15) is 6.61 Å². The molecule has 4 nitrogen and oxygen atoms in total. The minimum atomic E-state index is -0.759. The zero-order chi connectivity index (χ0) is 13.9. The SMILES string of the molecule is CC(C)CC(=O)OCC1OC(O)C(C)C(C)C1C. The summed E-state index contributed by atoms with van der Waals surface area (Å²) in [5, 5.41) is 9.78. The molecule has 1 saturated heterocycles. The van der Waals surface area contributed by atoms with E-state index in [2.05, 4.69) is 13.8 Å². The molecule has 0 bridgehead atoms. The lowest BCUT2D eigenvalue weighted by Gasteiger charge is -2.41. The monoisotopic (exact) mass is 258 g/mol. The molecule has 5 atom stereocenters. The van der Waals surface area contributed by atoms with Crippen molar-refractivity contribution in [3.63, 3.8) is 0 Å². The molecule has 1 N–H and O–H groups in total. The van der Waals surface area contributed by atoms with Crippen LogP contribution in [0.4, 0.5) is 0 Å². The lowest BCUT2D eigenvalue weighted by atomic mass is 9.79. The van der Waals surface area contributed by atoms with Crippen LogP contribution in [0.5, 0.6) is 0 Å². The second kappa shape index (κ2) is 6.53. The first-order valence-corrected chi connectivity index (χ1v) is 6.82. The quantitative estimate of drug-likeness (QED) is 0.785. The van der Waals surface area contributed by atoms with Crippen LogP contribution in [0.25, 0.3) is 0 Å². The van der Waals surface area contributed by atoms with Crippen molar-refractivity contribution >= 4 is 5.97 Å². The molecule has 0 saturated carbocycles. The van der Waals surface area contributed by atoms with Crippen LogP contribution in [0.3, 0.4) is 0 Å². The molecule has 0 aromatic heterocycles. The van der Waals surface area contributed by atoms with Gasteiger partial charge in [-0.2, -0.15) is 0 Å². The lowest BCUT2D eigenvalue weighted by Crippen LogP contribution is -2.46. The van der Waals surface area contributed by atoms with E-state index in [1.165, 1.54) is 0 Å². The summed E-state index contributed by atoms with van der Waals surface area (Å²) in [6, 6.07) is 0. The standard InChI is InChI=1S/C14H26O4/c1-8(2)6-13(15)17-7-12-10(4)9(3)11(5)14(16)18-12/h8-12,14,16H,6-7H2,1-5H3. The van der Waals surface area contributed by atoms with Crippen molar-refractivity contribution in [2.45, 2.75) is 53.4 Å². The molecule has 0 aliphatic carbocycles. The predicted octanol–water partition coefficient (Wildman–Crippen LogP) is 2.20. The number of hydrogen-bond donors (Lipinski definition) is 1. The highest BCUT2D eigenvalue weighted by Crippen LogP contribution is 2.34. The van der Waals surface area contributed by atoms with Gasteiger partial charge in [-0.1, -0.05) is 34.6 Å². The second-order valence-corrected chi connectivity index (χ2v) is 5.92. The average molecular weight is 258 g/mol. The number of esters is 1. The van der Waals surface area contributed by atoms with Crippen LogP contribution in [0.2, 0.25) is 0 Å². The molecular weight excluding hydrogens is 232 g/mol. The Kier molecular flexibility index (Phi) is 5.60. The van der Waals surface area contributed by atoms with Crippen molar-refractivity contribution in [2.24, 2.45) is 23.7 Å². The number of carbonyl (C=O) groups is 1. The maximum Gasteiger partial charge on any atom is 0.306 e. The molecule has 18 heavy (non-hydrogen) atoms. The Balaban J connectivity index is 2.44. The topological polar surface area (TPSA) is 55.8 Å². The second-order valence-electron chi connectivity index (χ2n) is 5.92. The zero-order valence-electron chi connectivity index (χ0n) is 12.1. The molecule has 0 spiro atoms. The maximum atomic E-state index is 11.5. The van der Waals surface area contributed by atoms with Crippen molar-refractivity contribution in [3.05, 3.63) is 0 Å². The largest absolute Gasteiger partial charge is 0.463 e. The van der Waals surface area contributed by atoms with Crippen molar-refractivity contribution in [1.29, 1.82) is 0 Å². The predicted molar refractivity (Wildman–Crippen MR) is 68.8 cm³/mol. The van der Waals surface area contributed by atoms with Crippen LogP contribution < -0.4 is 0 Å². The van der Waals surface area contributed by atoms with E-state index in [1.807, 2.05) is 20.8 Å². The van der Waals surface area contributed by atoms with Gasteiger partial charge in [0.05, 0.1) is 6.10 Å². The van der Waals surface area contributed by atoms with E-state index in [4.69, 9.17) is 9.47 Å². The molecule has 0 radical (unpaired) electrons. The van der Waals surface area contributed by atoms with E-state index in [9.17, 15) is 9.90 Å². The Morgan fingerprint density at radius 3 is 2.39 bits per heavy atom. The van der Waals surface area contributed by atoms with Gasteiger partial charge >= 0.3 is 5.97 Å². The first-order valence-electron chi connectivity index (χ1n) is 6.82. The summed E-state index contributed by atoms with van der Waals surface area (Å²) in [5.74, 6) is 0.841. The summed E-state index contributed by atoms with van der Waals surface area (Å²) >= 11 is 0. The van der Waals surface area contributed by atoms with Crippen LogP contribution in [0.15, 0.2) is 0 Å². The Morgan fingerprint density at radius 2 is 1.83 bits per heavy atom. The fourth-order valence-corrected chi connectivity index (χ4v) is 2.26. The Bertz CT molecular complexity index is 277. The van der Waals surface area contributed by atoms with Gasteiger partial charge < -0.3 is 14.6 Å². The van der Waals surface area contributed by atoms with E-state index in [-0.39, 0.29) is 30.5 Å². The highest BCUT2D eigenvalue weighted by atomic mass is 16.6. The summed E-state index contributed by atoms with van der Waals surface area (Å²) in [6.07, 6.45) is -0.539. The van der Waals surface area contributed by atoms with Crippen LogP contribution in [-0.2, 0) is 14.3 Å². The van der Waals surface area contributed by atoms with Crippen molar-refractivity contribution in [2.75, 3.05) is 6.61 Å². The van der Waals surface area contributed by atoms with E-state index >= 15 is 0 Å². The van der Waals surface area contributed by atoms with Gasteiger partial charge in [0.25, 0.3) is 0 Å². The van der Waals surface area contributed by atoms with Crippen molar-refractivity contribution in [1.82, 2.24) is 0 Å². The van der Waals surface area contributed by atoms with Crippen molar-refractivity contribution < 1.29 is 19.4 Å². The molecular formula is C14H26O4. The molecule has 0 amide bonds. The summed E-state index contributed by atoms with van der Waals surface area (Å²) in [4.78, 5) is 11.5. The zero-order valence-corrected chi connectivity index (χ0v) is 12.1. The minimum absolute atomic E-state index is 0.114. The third-order valence-corrected chi connectivity index (χ3v) is 3.99. The Labute approximate surface area is 110 Å². The van der Waals surface area contributed by atoms with E-state index in [0.717, 1.165) is 0 Å². The molecule has 1 rings (SSSR count). The summed E-state index contributed by atoms with van der Waals surface area (Å²) < 4.78 is 10.7. The van der Waals surface area contributed by atoms with Crippen LogP contribution >= 0.6 is 0 Å². The van der Waals surface area contributed by atoms with Crippen LogP contribution in [0.1, 0.15) is 41.0 Å². The van der Waals surface area contributed by atoms with Gasteiger partial charge in [-0.15, -0.1) is 0 Å². The Morgan fingerprint density at radius 1 is 1.22 bits per heavy atom. The lowest BCUT2D eigenvalue weighted by molar-refractivity contribution is -0.235. The number of rotatable bonds is 4. The molecule has 0 aromatic carbocycles. The van der Waals surface area contributed by atoms with Gasteiger partial charge in [-0.25, -0.2) is 0 Å². The highest BCUT2D eigenvalue weighted by Gasteiger charge is 2.38. The third kappa shape index (κ3) is 3.95. The molecule has 4 heteroatoms. The number of aliphatic hydroxyl groups excluding tert-OH is 1. The minimum Gasteiger partial charge on any atom is -0.463 e. The van der Waals surface area contributed by atoms with E-state index in [1.54, 1.807) is 0 Å². The first kappa shape index (κ1) is 15.4. The fourth-order valence-electron chi connectivity index (χ4n) is 2.26. The number of aliphatic hydroxyl groups is 1. The van der Waals surface area contributed by atoms with Crippen LogP contribution in [0, 0.1) is 23.7 Å². The normalized spacial score (nSPS) is 36.7. The van der Waals surface area contributed by atoms with Gasteiger partial charge in [0.15, 0.2) is 6.29 Å². The number of ether oxygens (including phenoxy) is 2. The third-order valence-electron chi connectivity index (χ3n) is 3.99. The molecule has 5 unspecified atom stereocenters. The summed E-state index contributed by atoms with van der Waals surface area (Å²) in [7, 11) is 0. The number of hydrogen-bond acceptors (Lipinski definition) is 4. The summed E-state index contributed by atoms with van der Waals surface area (Å²) in [5.41, 5.74) is 0. The van der Waals surface area contributed by atoms with Gasteiger partial charge in [0.2, 0.25) is 0 Å². The molecule has 0 aromatic rings. The van der Waals surface area contributed by atoms with Crippen molar-refractivity contribution in [3.8, 4) is 0 Å². The molecule has 1 aliphatic rings. The van der Waals surface area contributed by atoms with Crippen LogP contribution in [-0.4, -0.2) is 30.1 Å². The van der Waals surface area contributed by atoms with Gasteiger partial charge in [0, 0.05) is 12.3 Å². The number of carbonyl (C=O) groups excluding carboxylic acids is 1. The fraction of sp³-hybridized carbons (Fsp3) is 0.929. The molecule has 1 heterocycles. The highest BCUT2D eigenvalue weighted by molar-refractivity contribution is 5.69. The van der Waals surface area contributed by atoms with Gasteiger partial charge in [-0.05, 0) is 17.8 Å². The summed E-state index contributed by atoms with van der Waals surface area (Å²) in [6.45, 7) is 10.4. The smallest absolute Gasteiger partial charge is 0.306 e. The van der Waals surface area contributed by atoms with E-state index < -0.39 is 6.29 Å². The molecule has 1 fully saturated rings. The van der Waals surface area contributed by atoms with E-state index in [0.29, 0.717) is 18.3 Å². The van der Waals surface area contributed by atoms with Gasteiger partial charge in [-0.3, -0.25) is 4.79 Å². The first-order chi connectivity index (χ1) is 8.32. The average Bonchev–Trinajstić information content (AvgIpc) is 2.28. The molecule has 106 valence electrons. The molecule has 1 aliphatic heterocycles. The maximum absolute atomic E-state index is 11.5.